The van der Waals surface area contributed by atoms with Gasteiger partial charge < -0.3 is 0 Å². The molecule has 0 aromatic heterocycles. The third-order valence-corrected chi connectivity index (χ3v) is 2.74. The van der Waals surface area contributed by atoms with Gasteiger partial charge in [-0.15, -0.1) is 0 Å². The molecule has 0 amide bonds. The summed E-state index contributed by atoms with van der Waals surface area (Å²) in [5.41, 5.74) is 0.997. The lowest BCUT2D eigenvalue weighted by molar-refractivity contribution is -0.384. The van der Waals surface area contributed by atoms with Crippen LogP contribution in [0, 0.1) is 10.1 Å². The highest BCUT2D eigenvalue weighted by molar-refractivity contribution is 7.81. The monoisotopic (exact) mass is 239 g/mol. The highest BCUT2D eigenvalue weighted by Crippen LogP contribution is 2.22. The lowest BCUT2D eigenvalue weighted by atomic mass is 9.96. The van der Waals surface area contributed by atoms with Crippen LogP contribution in [0.5, 0.6) is 0 Å². The Balaban J connectivity index is 2.73. The molecule has 0 radical (unpaired) electrons. The Morgan fingerprint density at radius 2 is 2.00 bits per heavy atom. The zero-order chi connectivity index (χ0) is 12.1. The van der Waals surface area contributed by atoms with E-state index in [0.717, 1.165) is 5.56 Å². The van der Waals surface area contributed by atoms with E-state index < -0.39 is 4.92 Å². The van der Waals surface area contributed by atoms with Crippen molar-refractivity contribution in [3.8, 4) is 0 Å². The third-order valence-electron chi connectivity index (χ3n) is 2.38. The van der Waals surface area contributed by atoms with Gasteiger partial charge in [0.2, 0.25) is 0 Å². The van der Waals surface area contributed by atoms with E-state index in [1.165, 1.54) is 12.1 Å². The van der Waals surface area contributed by atoms with E-state index in [2.05, 4.69) is 12.6 Å². The maximum atomic E-state index is 11.2. The Morgan fingerprint density at radius 3 is 2.44 bits per heavy atom. The average molecular weight is 239 g/mol. The third kappa shape index (κ3) is 3.34. The number of hydrogen-bond donors (Lipinski definition) is 1. The second-order valence-electron chi connectivity index (χ2n) is 3.65. The number of nitro groups is 1. The van der Waals surface area contributed by atoms with Gasteiger partial charge in [-0.25, -0.2) is 0 Å². The second-order valence-corrected chi connectivity index (χ2v) is 3.97. The van der Waals surface area contributed by atoms with Crippen molar-refractivity contribution < 1.29 is 9.72 Å². The van der Waals surface area contributed by atoms with Crippen LogP contribution in [0.3, 0.4) is 0 Å². The highest BCUT2D eigenvalue weighted by atomic mass is 32.1. The fourth-order valence-corrected chi connectivity index (χ4v) is 1.58. The van der Waals surface area contributed by atoms with Crippen molar-refractivity contribution in [1.82, 2.24) is 0 Å². The van der Waals surface area contributed by atoms with Crippen LogP contribution >= 0.6 is 12.6 Å². The maximum Gasteiger partial charge on any atom is 0.269 e. The lowest BCUT2D eigenvalue weighted by Gasteiger charge is -2.09. The van der Waals surface area contributed by atoms with Crippen molar-refractivity contribution in [2.75, 3.05) is 5.75 Å². The van der Waals surface area contributed by atoms with E-state index in [-0.39, 0.29) is 23.1 Å². The molecular weight excluding hydrogens is 226 g/mol. The molecule has 1 rings (SSSR count). The first-order valence-electron chi connectivity index (χ1n) is 4.91. The summed E-state index contributed by atoms with van der Waals surface area (Å²) in [6, 6.07) is 6.29. The minimum atomic E-state index is -0.437. The molecule has 1 aromatic rings. The summed E-state index contributed by atoms with van der Waals surface area (Å²) >= 11 is 3.91. The van der Waals surface area contributed by atoms with Crippen molar-refractivity contribution in [1.29, 1.82) is 0 Å². The van der Waals surface area contributed by atoms with Crippen LogP contribution in [0.2, 0.25) is 0 Å². The molecule has 0 heterocycles. The summed E-state index contributed by atoms with van der Waals surface area (Å²) < 4.78 is 0. The van der Waals surface area contributed by atoms with Gasteiger partial charge in [0.05, 0.1) is 4.92 Å². The van der Waals surface area contributed by atoms with E-state index in [1.54, 1.807) is 12.1 Å². The predicted molar refractivity (Wildman–Crippen MR) is 65.0 cm³/mol. The number of hydrogen-bond acceptors (Lipinski definition) is 4. The summed E-state index contributed by atoms with van der Waals surface area (Å²) in [5.74, 6) is 0.381. The number of benzene rings is 1. The molecule has 0 saturated carbocycles. The van der Waals surface area contributed by atoms with E-state index >= 15 is 0 Å². The Labute approximate surface area is 99.2 Å². The van der Waals surface area contributed by atoms with Crippen molar-refractivity contribution >= 4 is 24.1 Å². The molecule has 0 bridgehead atoms. The summed E-state index contributed by atoms with van der Waals surface area (Å²) in [4.78, 5) is 21.2. The first kappa shape index (κ1) is 12.7. The molecule has 86 valence electrons. The van der Waals surface area contributed by atoms with Gasteiger partial charge in [0, 0.05) is 24.3 Å². The number of nitro benzene ring substituents is 1. The molecule has 16 heavy (non-hydrogen) atoms. The molecule has 1 atom stereocenters. The average Bonchev–Trinajstić information content (AvgIpc) is 2.28. The summed E-state index contributed by atoms with van der Waals surface area (Å²) in [5, 5.41) is 10.4. The van der Waals surface area contributed by atoms with Crippen molar-refractivity contribution in [2.45, 2.75) is 19.3 Å². The molecule has 0 saturated heterocycles. The number of rotatable bonds is 5. The smallest absolute Gasteiger partial charge is 0.269 e. The maximum absolute atomic E-state index is 11.2. The van der Waals surface area contributed by atoms with Crippen LogP contribution in [-0.2, 0) is 4.79 Å². The molecule has 0 aliphatic heterocycles. The molecule has 0 N–H and O–H groups in total. The van der Waals surface area contributed by atoms with E-state index in [9.17, 15) is 14.9 Å². The highest BCUT2D eigenvalue weighted by Gasteiger charge is 2.11. The molecular formula is C11H13NO3S. The first-order valence-corrected chi connectivity index (χ1v) is 5.54. The topological polar surface area (TPSA) is 60.2 Å². The van der Waals surface area contributed by atoms with Crippen molar-refractivity contribution in [3.63, 3.8) is 0 Å². The first-order chi connectivity index (χ1) is 7.54. The zero-order valence-corrected chi connectivity index (χ0v) is 9.81. The zero-order valence-electron chi connectivity index (χ0n) is 8.92. The van der Waals surface area contributed by atoms with Crippen LogP contribution in [0.1, 0.15) is 24.8 Å². The minimum Gasteiger partial charge on any atom is -0.299 e. The normalized spacial score (nSPS) is 12.1. The Hall–Kier alpha value is -1.36. The standard InChI is InChI=1S/C11H13NO3S/c1-8(6-11(13)7-16)9-2-4-10(5-3-9)12(14)15/h2-5,8,16H,6-7H2,1H3/t8-/m0/s1. The van der Waals surface area contributed by atoms with Gasteiger partial charge >= 0.3 is 0 Å². The van der Waals surface area contributed by atoms with Crippen molar-refractivity contribution in [3.05, 3.63) is 39.9 Å². The fraction of sp³-hybridized carbons (Fsp3) is 0.364. The molecule has 0 unspecified atom stereocenters. The number of ketones is 1. The summed E-state index contributed by atoms with van der Waals surface area (Å²) in [7, 11) is 0. The second kappa shape index (κ2) is 5.65. The molecule has 0 fully saturated rings. The van der Waals surface area contributed by atoms with Crippen LogP contribution in [0.15, 0.2) is 24.3 Å². The largest absolute Gasteiger partial charge is 0.299 e. The number of nitrogens with zero attached hydrogens (tertiary/aromatic N) is 1. The van der Waals surface area contributed by atoms with Gasteiger partial charge in [0.25, 0.3) is 5.69 Å². The van der Waals surface area contributed by atoms with Gasteiger partial charge in [0.1, 0.15) is 5.78 Å². The van der Waals surface area contributed by atoms with E-state index in [1.807, 2.05) is 6.92 Å². The van der Waals surface area contributed by atoms with Crippen LogP contribution in [-0.4, -0.2) is 16.5 Å². The number of carbonyl (C=O) groups is 1. The van der Waals surface area contributed by atoms with Crippen molar-refractivity contribution in [2.24, 2.45) is 0 Å². The summed E-state index contributed by atoms with van der Waals surface area (Å²) in [6.45, 7) is 1.92. The van der Waals surface area contributed by atoms with Gasteiger partial charge in [-0.1, -0.05) is 19.1 Å². The SMILES string of the molecule is C[C@@H](CC(=O)CS)c1ccc([N+](=O)[O-])cc1. The Kier molecular flexibility index (Phi) is 4.49. The van der Waals surface area contributed by atoms with Gasteiger partial charge in [-0.3, -0.25) is 14.9 Å². The lowest BCUT2D eigenvalue weighted by Crippen LogP contribution is -2.05. The Bertz CT molecular complexity index is 389. The van der Waals surface area contributed by atoms with Gasteiger partial charge in [0.15, 0.2) is 0 Å². The number of carbonyl (C=O) groups excluding carboxylic acids is 1. The van der Waals surface area contributed by atoms with Crippen LogP contribution in [0.4, 0.5) is 5.69 Å². The molecule has 5 heteroatoms. The molecule has 0 aliphatic carbocycles. The number of non-ortho nitro benzene ring substituents is 1. The number of Topliss-reactive ketones (excluding diaryl/α,β-unsaturated/α-hetero) is 1. The van der Waals surface area contributed by atoms with E-state index in [0.29, 0.717) is 6.42 Å². The molecule has 4 nitrogen and oxygen atoms in total. The minimum absolute atomic E-state index is 0.0662. The van der Waals surface area contributed by atoms with Crippen LogP contribution in [0.25, 0.3) is 0 Å². The molecule has 0 aliphatic rings. The quantitative estimate of drug-likeness (QED) is 0.488. The van der Waals surface area contributed by atoms with Gasteiger partial charge in [-0.2, -0.15) is 12.6 Å². The van der Waals surface area contributed by atoms with E-state index in [4.69, 9.17) is 0 Å². The predicted octanol–water partition coefficient (Wildman–Crippen LogP) is 2.59. The van der Waals surface area contributed by atoms with Gasteiger partial charge in [-0.05, 0) is 11.5 Å². The summed E-state index contributed by atoms with van der Waals surface area (Å²) in [6.07, 6.45) is 0.418. The Morgan fingerprint density at radius 1 is 1.44 bits per heavy atom. The number of thiol groups is 1. The molecule has 0 spiro atoms. The fourth-order valence-electron chi connectivity index (χ4n) is 1.45. The molecule has 1 aromatic carbocycles. The van der Waals surface area contributed by atoms with Crippen LogP contribution < -0.4 is 0 Å².